The molecule has 1 aliphatic carbocycles. The van der Waals surface area contributed by atoms with Crippen LogP contribution in [0, 0.1) is 0 Å². The van der Waals surface area contributed by atoms with Gasteiger partial charge in [0.15, 0.2) is 0 Å². The second kappa shape index (κ2) is 8.48. The molecule has 1 amide bonds. The Labute approximate surface area is 121 Å². The predicted molar refractivity (Wildman–Crippen MR) is 81.1 cm³/mol. The summed E-state index contributed by atoms with van der Waals surface area (Å²) >= 11 is 5.22. The Kier molecular flexibility index (Phi) is 7.31. The standard InChI is InChI=1S/C14H26N2O2S/c1-2-18-11-8-12(17)16-14(13(15)19)9-6-4-3-5-7-10-14/h2-11H2,1H3,(H2,15,19)(H,16,17). The Morgan fingerprint density at radius 3 is 2.37 bits per heavy atom. The molecular formula is C14H26N2O2S. The first-order valence-electron chi connectivity index (χ1n) is 7.29. The fraction of sp³-hybridized carbons (Fsp3) is 0.857. The van der Waals surface area contributed by atoms with E-state index in [2.05, 4.69) is 5.32 Å². The number of hydrogen-bond donors (Lipinski definition) is 2. The van der Waals surface area contributed by atoms with Gasteiger partial charge in [-0.15, -0.1) is 0 Å². The van der Waals surface area contributed by atoms with Crippen LogP contribution in [0.2, 0.25) is 0 Å². The Morgan fingerprint density at radius 1 is 1.26 bits per heavy atom. The molecule has 0 heterocycles. The summed E-state index contributed by atoms with van der Waals surface area (Å²) in [7, 11) is 0. The van der Waals surface area contributed by atoms with E-state index >= 15 is 0 Å². The molecule has 1 aliphatic rings. The van der Waals surface area contributed by atoms with Crippen LogP contribution >= 0.6 is 12.2 Å². The number of nitrogens with one attached hydrogen (secondary N) is 1. The normalized spacial score (nSPS) is 19.2. The molecule has 19 heavy (non-hydrogen) atoms. The third-order valence-corrected chi connectivity index (χ3v) is 4.13. The summed E-state index contributed by atoms with van der Waals surface area (Å²) in [5, 5.41) is 3.07. The molecule has 1 fully saturated rings. The molecule has 0 saturated heterocycles. The van der Waals surface area contributed by atoms with Crippen LogP contribution in [0.4, 0.5) is 0 Å². The van der Waals surface area contributed by atoms with E-state index < -0.39 is 5.54 Å². The van der Waals surface area contributed by atoms with E-state index in [1.54, 1.807) is 0 Å². The van der Waals surface area contributed by atoms with Crippen molar-refractivity contribution in [3.63, 3.8) is 0 Å². The van der Waals surface area contributed by atoms with Crippen molar-refractivity contribution in [2.45, 2.75) is 63.8 Å². The lowest BCUT2D eigenvalue weighted by Gasteiger charge is -2.35. The monoisotopic (exact) mass is 286 g/mol. The molecule has 0 radical (unpaired) electrons. The maximum absolute atomic E-state index is 12.0. The number of rotatable bonds is 6. The summed E-state index contributed by atoms with van der Waals surface area (Å²) in [5.41, 5.74) is 5.44. The SMILES string of the molecule is CCOCCC(=O)NC1(C(N)=S)CCCCCCC1. The molecule has 1 saturated carbocycles. The molecule has 1 rings (SSSR count). The highest BCUT2D eigenvalue weighted by molar-refractivity contribution is 7.80. The number of thiocarbonyl (C=S) groups is 1. The molecule has 0 aromatic carbocycles. The zero-order valence-electron chi connectivity index (χ0n) is 11.9. The largest absolute Gasteiger partial charge is 0.391 e. The van der Waals surface area contributed by atoms with E-state index in [-0.39, 0.29) is 5.91 Å². The molecular weight excluding hydrogens is 260 g/mol. The minimum absolute atomic E-state index is 0.0122. The maximum atomic E-state index is 12.0. The molecule has 0 aliphatic heterocycles. The van der Waals surface area contributed by atoms with Gasteiger partial charge in [-0.05, 0) is 19.8 Å². The van der Waals surface area contributed by atoms with Gasteiger partial charge in [0.1, 0.15) is 0 Å². The van der Waals surface area contributed by atoms with Crippen LogP contribution in [0.1, 0.15) is 58.3 Å². The Hall–Kier alpha value is -0.680. The van der Waals surface area contributed by atoms with Crippen molar-refractivity contribution in [1.82, 2.24) is 5.32 Å². The molecule has 0 bridgehead atoms. The van der Waals surface area contributed by atoms with Crippen molar-refractivity contribution in [1.29, 1.82) is 0 Å². The van der Waals surface area contributed by atoms with E-state index in [4.69, 9.17) is 22.7 Å². The van der Waals surface area contributed by atoms with Crippen LogP contribution in [0.25, 0.3) is 0 Å². The molecule has 0 aromatic heterocycles. The topological polar surface area (TPSA) is 64.3 Å². The van der Waals surface area contributed by atoms with Gasteiger partial charge >= 0.3 is 0 Å². The molecule has 4 nitrogen and oxygen atoms in total. The van der Waals surface area contributed by atoms with Crippen molar-refractivity contribution >= 4 is 23.1 Å². The van der Waals surface area contributed by atoms with Crippen LogP contribution in [-0.4, -0.2) is 29.6 Å². The van der Waals surface area contributed by atoms with Gasteiger partial charge < -0.3 is 15.8 Å². The third kappa shape index (κ3) is 5.45. The van der Waals surface area contributed by atoms with Gasteiger partial charge in [0.2, 0.25) is 5.91 Å². The molecule has 110 valence electrons. The minimum atomic E-state index is -0.473. The van der Waals surface area contributed by atoms with Gasteiger partial charge in [0.25, 0.3) is 0 Å². The number of carbonyl (C=O) groups excluding carboxylic acids is 1. The van der Waals surface area contributed by atoms with E-state index in [0.29, 0.717) is 24.6 Å². The van der Waals surface area contributed by atoms with Crippen molar-refractivity contribution in [3.05, 3.63) is 0 Å². The number of hydrogen-bond acceptors (Lipinski definition) is 3. The smallest absolute Gasteiger partial charge is 0.223 e. The van der Waals surface area contributed by atoms with Crippen molar-refractivity contribution in [2.75, 3.05) is 13.2 Å². The van der Waals surface area contributed by atoms with Gasteiger partial charge in [-0.3, -0.25) is 4.79 Å². The minimum Gasteiger partial charge on any atom is -0.391 e. The molecule has 0 atom stereocenters. The number of carbonyl (C=O) groups is 1. The Bertz CT molecular complexity index is 300. The maximum Gasteiger partial charge on any atom is 0.223 e. The van der Waals surface area contributed by atoms with Gasteiger partial charge in [0, 0.05) is 13.0 Å². The molecule has 5 heteroatoms. The van der Waals surface area contributed by atoms with Gasteiger partial charge in [-0.2, -0.15) is 0 Å². The summed E-state index contributed by atoms with van der Waals surface area (Å²) in [5.74, 6) is -0.0122. The van der Waals surface area contributed by atoms with Crippen molar-refractivity contribution in [3.8, 4) is 0 Å². The summed E-state index contributed by atoms with van der Waals surface area (Å²) in [6.45, 7) is 3.01. The highest BCUT2D eigenvalue weighted by Crippen LogP contribution is 2.27. The molecule has 0 spiro atoms. The average Bonchev–Trinajstić information content (AvgIpc) is 2.32. The van der Waals surface area contributed by atoms with E-state index in [9.17, 15) is 4.79 Å². The van der Waals surface area contributed by atoms with E-state index in [1.165, 1.54) is 19.3 Å². The van der Waals surface area contributed by atoms with E-state index in [1.807, 2.05) is 6.92 Å². The van der Waals surface area contributed by atoms with Gasteiger partial charge in [-0.25, -0.2) is 0 Å². The number of amides is 1. The van der Waals surface area contributed by atoms with Crippen LogP contribution in [0.3, 0.4) is 0 Å². The zero-order chi connectivity index (χ0) is 14.1. The summed E-state index contributed by atoms with van der Waals surface area (Å²) in [6, 6.07) is 0. The molecule has 0 aromatic rings. The number of ether oxygens (including phenoxy) is 1. The summed E-state index contributed by atoms with van der Waals surface area (Å²) in [6.07, 6.45) is 7.90. The second-order valence-corrected chi connectivity index (χ2v) is 5.65. The quantitative estimate of drug-likeness (QED) is 0.581. The van der Waals surface area contributed by atoms with Crippen molar-refractivity contribution < 1.29 is 9.53 Å². The van der Waals surface area contributed by atoms with Gasteiger partial charge in [0.05, 0.1) is 17.1 Å². The summed E-state index contributed by atoms with van der Waals surface area (Å²) < 4.78 is 5.21. The fourth-order valence-electron chi connectivity index (χ4n) is 2.58. The first-order chi connectivity index (χ1) is 9.10. The first kappa shape index (κ1) is 16.4. The van der Waals surface area contributed by atoms with Gasteiger partial charge in [-0.1, -0.05) is 44.3 Å². The molecule has 3 N–H and O–H groups in total. The van der Waals surface area contributed by atoms with Crippen molar-refractivity contribution in [2.24, 2.45) is 5.73 Å². The van der Waals surface area contributed by atoms with Crippen LogP contribution < -0.4 is 11.1 Å². The highest BCUT2D eigenvalue weighted by atomic mass is 32.1. The highest BCUT2D eigenvalue weighted by Gasteiger charge is 2.34. The average molecular weight is 286 g/mol. The Balaban J connectivity index is 2.58. The lowest BCUT2D eigenvalue weighted by Crippen LogP contribution is -2.57. The zero-order valence-corrected chi connectivity index (χ0v) is 12.7. The van der Waals surface area contributed by atoms with E-state index in [0.717, 1.165) is 25.7 Å². The molecule has 0 unspecified atom stereocenters. The Morgan fingerprint density at radius 2 is 1.84 bits per heavy atom. The summed E-state index contributed by atoms with van der Waals surface area (Å²) in [4.78, 5) is 12.4. The van der Waals surface area contributed by atoms with Crippen LogP contribution in [0.15, 0.2) is 0 Å². The number of nitrogens with two attached hydrogens (primary N) is 1. The lowest BCUT2D eigenvalue weighted by molar-refractivity contribution is -0.123. The lowest BCUT2D eigenvalue weighted by atomic mass is 9.83. The predicted octanol–water partition coefficient (Wildman–Crippen LogP) is 2.30. The first-order valence-corrected chi connectivity index (χ1v) is 7.70. The third-order valence-electron chi connectivity index (χ3n) is 3.74. The van der Waals surface area contributed by atoms with Crippen LogP contribution in [-0.2, 0) is 9.53 Å². The fourth-order valence-corrected chi connectivity index (χ4v) is 2.84. The second-order valence-electron chi connectivity index (χ2n) is 5.21. The van der Waals surface area contributed by atoms with Crippen LogP contribution in [0.5, 0.6) is 0 Å².